The first-order valence-corrected chi connectivity index (χ1v) is 10.5. The van der Waals surface area contributed by atoms with Gasteiger partial charge in [0, 0.05) is 40.3 Å². The topological polar surface area (TPSA) is 87.9 Å². The van der Waals surface area contributed by atoms with Gasteiger partial charge in [-0.1, -0.05) is 0 Å². The minimum Gasteiger partial charge on any atom is -0.444 e. The molecule has 1 aromatic rings. The van der Waals surface area contributed by atoms with Crippen molar-refractivity contribution < 1.29 is 9.53 Å². The van der Waals surface area contributed by atoms with E-state index in [1.54, 1.807) is 11.0 Å². The number of aryl methyl sites for hydroxylation is 1. The lowest BCUT2D eigenvalue weighted by atomic mass is 9.95. The highest BCUT2D eigenvalue weighted by atomic mass is 16.6. The highest BCUT2D eigenvalue weighted by Crippen LogP contribution is 2.21. The Morgan fingerprint density at radius 3 is 2.83 bits per heavy atom. The number of rotatable bonds is 6. The lowest BCUT2D eigenvalue weighted by Crippen LogP contribution is -2.43. The summed E-state index contributed by atoms with van der Waals surface area (Å²) in [6.07, 6.45) is 4.45. The number of carbonyl (C=O) groups excluding carboxylic acids is 1. The van der Waals surface area contributed by atoms with Gasteiger partial charge in [-0.2, -0.15) is 5.10 Å². The predicted molar refractivity (Wildman–Crippen MR) is 114 cm³/mol. The molecule has 1 atom stereocenters. The average Bonchev–Trinajstić information content (AvgIpc) is 3.04. The molecular weight excluding hydrogens is 370 g/mol. The number of nitrogens with zero attached hydrogens (tertiary/aromatic N) is 6. The summed E-state index contributed by atoms with van der Waals surface area (Å²) in [7, 11) is 3.89. The Morgan fingerprint density at radius 1 is 1.45 bits per heavy atom. The van der Waals surface area contributed by atoms with Crippen molar-refractivity contribution in [3.8, 4) is 0 Å². The van der Waals surface area contributed by atoms with Crippen LogP contribution in [-0.4, -0.2) is 75.4 Å². The first kappa shape index (κ1) is 23.0. The van der Waals surface area contributed by atoms with Crippen LogP contribution in [0.25, 0.3) is 0 Å². The number of guanidine groups is 1. The number of amides is 1. The molecule has 1 saturated heterocycles. The van der Waals surface area contributed by atoms with Gasteiger partial charge in [0.25, 0.3) is 0 Å². The van der Waals surface area contributed by atoms with Crippen molar-refractivity contribution in [3.63, 3.8) is 0 Å². The van der Waals surface area contributed by atoms with Gasteiger partial charge >= 0.3 is 6.09 Å². The zero-order valence-electron chi connectivity index (χ0n) is 18.8. The molecule has 1 aliphatic rings. The van der Waals surface area contributed by atoms with Gasteiger partial charge in [-0.05, 0) is 52.9 Å². The van der Waals surface area contributed by atoms with E-state index in [1.807, 2.05) is 39.8 Å². The molecular formula is C20H37N7O2. The molecule has 1 N–H and O–H groups in total. The Kier molecular flexibility index (Phi) is 8.28. The number of ether oxygens (including phenoxy) is 1. The molecule has 1 fully saturated rings. The van der Waals surface area contributed by atoms with Crippen molar-refractivity contribution in [1.82, 2.24) is 29.9 Å². The van der Waals surface area contributed by atoms with Gasteiger partial charge in [-0.25, -0.2) is 9.78 Å². The minimum absolute atomic E-state index is 0.206. The number of aliphatic imine (C=N–C) groups is 1. The number of likely N-dealkylation sites (tertiary alicyclic amines) is 1. The van der Waals surface area contributed by atoms with Crippen LogP contribution in [0.5, 0.6) is 0 Å². The Morgan fingerprint density at radius 2 is 2.21 bits per heavy atom. The molecule has 0 radical (unpaired) electrons. The van der Waals surface area contributed by atoms with Gasteiger partial charge in [0.1, 0.15) is 17.8 Å². The van der Waals surface area contributed by atoms with E-state index in [0.717, 1.165) is 57.2 Å². The van der Waals surface area contributed by atoms with Gasteiger partial charge in [-0.15, -0.1) is 0 Å². The number of nitrogens with one attached hydrogen (secondary N) is 1. The molecule has 0 bridgehead atoms. The molecule has 0 spiro atoms. The van der Waals surface area contributed by atoms with Crippen LogP contribution in [0.4, 0.5) is 4.79 Å². The number of aromatic nitrogens is 3. The maximum absolute atomic E-state index is 12.3. The summed E-state index contributed by atoms with van der Waals surface area (Å²) in [5.41, 5.74) is -0.456. The molecule has 1 unspecified atom stereocenters. The molecule has 2 rings (SSSR count). The smallest absolute Gasteiger partial charge is 0.410 e. The van der Waals surface area contributed by atoms with Crippen LogP contribution in [0.15, 0.2) is 11.3 Å². The van der Waals surface area contributed by atoms with E-state index in [1.165, 1.54) is 0 Å². The molecule has 1 aromatic heterocycles. The highest BCUT2D eigenvalue weighted by Gasteiger charge is 2.27. The summed E-state index contributed by atoms with van der Waals surface area (Å²) in [6.45, 7) is 11.5. The fourth-order valence-electron chi connectivity index (χ4n) is 3.37. The molecule has 1 aliphatic heterocycles. The van der Waals surface area contributed by atoms with E-state index < -0.39 is 5.60 Å². The fraction of sp³-hybridized carbons (Fsp3) is 0.800. The van der Waals surface area contributed by atoms with E-state index in [4.69, 9.17) is 9.73 Å². The zero-order chi connectivity index (χ0) is 21.4. The number of piperidine rings is 1. The SMILES string of the molecule is CCNC(=NCCC1CCCN(C(=O)OC(C)(C)C)C1)N(C)Cc1ncnn1C. The maximum atomic E-state index is 12.3. The predicted octanol–water partition coefficient (Wildman–Crippen LogP) is 2.25. The fourth-order valence-corrected chi connectivity index (χ4v) is 3.37. The van der Waals surface area contributed by atoms with E-state index in [0.29, 0.717) is 12.5 Å². The van der Waals surface area contributed by atoms with Crippen LogP contribution < -0.4 is 5.32 Å². The summed E-state index contributed by atoms with van der Waals surface area (Å²) in [6, 6.07) is 0. The van der Waals surface area contributed by atoms with E-state index in [9.17, 15) is 4.79 Å². The summed E-state index contributed by atoms with van der Waals surface area (Å²) in [5.74, 6) is 2.20. The second-order valence-electron chi connectivity index (χ2n) is 8.61. The van der Waals surface area contributed by atoms with Crippen molar-refractivity contribution in [2.75, 3.05) is 33.2 Å². The Labute approximate surface area is 174 Å². The van der Waals surface area contributed by atoms with E-state index in [-0.39, 0.29) is 6.09 Å². The molecule has 29 heavy (non-hydrogen) atoms. The largest absolute Gasteiger partial charge is 0.444 e. The minimum atomic E-state index is -0.456. The van der Waals surface area contributed by atoms with Crippen molar-refractivity contribution in [1.29, 1.82) is 0 Å². The van der Waals surface area contributed by atoms with Gasteiger partial charge in [0.05, 0.1) is 6.54 Å². The summed E-state index contributed by atoms with van der Waals surface area (Å²) >= 11 is 0. The van der Waals surface area contributed by atoms with Crippen molar-refractivity contribution in [2.24, 2.45) is 18.0 Å². The normalized spacial score (nSPS) is 17.9. The highest BCUT2D eigenvalue weighted by molar-refractivity contribution is 5.79. The second-order valence-corrected chi connectivity index (χ2v) is 8.61. The van der Waals surface area contributed by atoms with E-state index >= 15 is 0 Å². The Balaban J connectivity index is 1.87. The molecule has 164 valence electrons. The zero-order valence-corrected chi connectivity index (χ0v) is 18.8. The molecule has 0 aromatic carbocycles. The molecule has 1 amide bonds. The van der Waals surface area contributed by atoms with E-state index in [2.05, 4.69) is 27.2 Å². The summed E-state index contributed by atoms with van der Waals surface area (Å²) in [4.78, 5) is 25.3. The van der Waals surface area contributed by atoms with Crippen LogP contribution in [0.1, 0.15) is 52.8 Å². The monoisotopic (exact) mass is 407 g/mol. The standard InChI is InChI=1S/C20H37N7O2/c1-7-21-18(25(5)14-17-23-15-24-26(17)6)22-11-10-16-9-8-12-27(13-16)19(28)29-20(2,3)4/h15-16H,7-14H2,1-6H3,(H,21,22). The van der Waals surface area contributed by atoms with Crippen LogP contribution >= 0.6 is 0 Å². The third-order valence-electron chi connectivity index (χ3n) is 4.85. The van der Waals surface area contributed by atoms with Crippen LogP contribution in [0.3, 0.4) is 0 Å². The third-order valence-corrected chi connectivity index (χ3v) is 4.85. The summed E-state index contributed by atoms with van der Waals surface area (Å²) < 4.78 is 7.29. The van der Waals surface area contributed by atoms with Crippen LogP contribution in [0.2, 0.25) is 0 Å². The number of carbonyl (C=O) groups is 1. The van der Waals surface area contributed by atoms with Crippen molar-refractivity contribution in [2.45, 2.75) is 59.1 Å². The summed E-state index contributed by atoms with van der Waals surface area (Å²) in [5, 5.41) is 7.46. The third kappa shape index (κ3) is 7.55. The Bertz CT molecular complexity index is 681. The first-order chi connectivity index (χ1) is 13.7. The molecule has 0 aliphatic carbocycles. The lowest BCUT2D eigenvalue weighted by Gasteiger charge is -2.34. The van der Waals surface area contributed by atoms with Gasteiger partial charge in [-0.3, -0.25) is 9.67 Å². The van der Waals surface area contributed by atoms with Crippen LogP contribution in [-0.2, 0) is 18.3 Å². The molecule has 0 saturated carbocycles. The van der Waals surface area contributed by atoms with Gasteiger partial charge in [0.2, 0.25) is 0 Å². The van der Waals surface area contributed by atoms with Crippen molar-refractivity contribution in [3.05, 3.63) is 12.2 Å². The number of hydrogen-bond acceptors (Lipinski definition) is 5. The quantitative estimate of drug-likeness (QED) is 0.575. The average molecular weight is 408 g/mol. The van der Waals surface area contributed by atoms with Crippen LogP contribution in [0, 0.1) is 5.92 Å². The lowest BCUT2D eigenvalue weighted by molar-refractivity contribution is 0.0163. The number of hydrogen-bond donors (Lipinski definition) is 1. The first-order valence-electron chi connectivity index (χ1n) is 10.5. The maximum Gasteiger partial charge on any atom is 0.410 e. The van der Waals surface area contributed by atoms with Gasteiger partial charge < -0.3 is 19.9 Å². The molecule has 9 nitrogen and oxygen atoms in total. The van der Waals surface area contributed by atoms with Gasteiger partial charge in [0.15, 0.2) is 5.96 Å². The molecule has 9 heteroatoms. The second kappa shape index (κ2) is 10.5. The Hall–Kier alpha value is -2.32. The molecule has 2 heterocycles. The van der Waals surface area contributed by atoms with Crippen molar-refractivity contribution >= 4 is 12.1 Å².